The lowest BCUT2D eigenvalue weighted by Crippen LogP contribution is -2.19. The van der Waals surface area contributed by atoms with Crippen molar-refractivity contribution in [2.75, 3.05) is 0 Å². The number of phenolic OH excluding ortho intramolecular Hbond substituents is 1. The number of nitrogens with zero attached hydrogens (tertiary/aromatic N) is 1. The van der Waals surface area contributed by atoms with Crippen LogP contribution in [-0.2, 0) is 17.4 Å². The summed E-state index contributed by atoms with van der Waals surface area (Å²) < 4.78 is 0. The molecule has 0 unspecified atom stereocenters. The number of allylic oxidation sites excluding steroid dienone is 2. The SMILES string of the molecule is CCCCC(=CN(C=C(CC)CCCC)Cc1cc(C(C)(C)C)c(O)c(C(C)(C)C)c1)CC. The maximum Gasteiger partial charge on any atom is 0.123 e. The topological polar surface area (TPSA) is 23.5 Å². The molecule has 0 heterocycles. The van der Waals surface area contributed by atoms with Crippen molar-refractivity contribution >= 4 is 0 Å². The first-order valence-electron chi connectivity index (χ1n) is 13.4. The molecule has 0 fully saturated rings. The van der Waals surface area contributed by atoms with Crippen LogP contribution in [-0.4, -0.2) is 10.0 Å². The number of hydrogen-bond donors (Lipinski definition) is 1. The van der Waals surface area contributed by atoms with Crippen LogP contribution in [0.1, 0.15) is 137 Å². The van der Waals surface area contributed by atoms with E-state index in [1.165, 1.54) is 55.2 Å². The minimum atomic E-state index is -0.109. The first-order valence-corrected chi connectivity index (χ1v) is 13.4. The van der Waals surface area contributed by atoms with E-state index in [0.29, 0.717) is 5.75 Å². The van der Waals surface area contributed by atoms with Gasteiger partial charge in [0.15, 0.2) is 0 Å². The van der Waals surface area contributed by atoms with Gasteiger partial charge in [-0.15, -0.1) is 0 Å². The number of aromatic hydroxyl groups is 1. The highest BCUT2D eigenvalue weighted by Gasteiger charge is 2.26. The van der Waals surface area contributed by atoms with Crippen LogP contribution >= 0.6 is 0 Å². The standard InChI is InChI=1S/C31H53NO/c1-11-15-17-24(13-3)21-32(22-25(14-4)18-16-12-2)23-26-19-27(30(5,6)7)29(33)28(20-26)31(8,9)10/h19-22,33H,11-18,23H2,1-10H3. The smallest absolute Gasteiger partial charge is 0.123 e. The van der Waals surface area contributed by atoms with Crippen molar-refractivity contribution < 1.29 is 5.11 Å². The summed E-state index contributed by atoms with van der Waals surface area (Å²) in [7, 11) is 0. The van der Waals surface area contributed by atoms with Gasteiger partial charge < -0.3 is 10.0 Å². The van der Waals surface area contributed by atoms with E-state index in [9.17, 15) is 5.11 Å². The van der Waals surface area contributed by atoms with Gasteiger partial charge in [0.25, 0.3) is 0 Å². The van der Waals surface area contributed by atoms with Crippen molar-refractivity contribution in [1.29, 1.82) is 0 Å². The molecule has 1 rings (SSSR count). The van der Waals surface area contributed by atoms with Gasteiger partial charge in [-0.2, -0.15) is 0 Å². The molecule has 0 aliphatic heterocycles. The normalized spacial score (nSPS) is 13.5. The Bertz CT molecular complexity index is 725. The summed E-state index contributed by atoms with van der Waals surface area (Å²) in [5.41, 5.74) is 6.17. The summed E-state index contributed by atoms with van der Waals surface area (Å²) in [4.78, 5) is 2.42. The van der Waals surface area contributed by atoms with E-state index in [4.69, 9.17) is 0 Å². The Morgan fingerprint density at radius 3 is 1.45 bits per heavy atom. The third kappa shape index (κ3) is 9.59. The second-order valence-corrected chi connectivity index (χ2v) is 11.7. The summed E-state index contributed by atoms with van der Waals surface area (Å²) in [5, 5.41) is 11.1. The van der Waals surface area contributed by atoms with E-state index in [2.05, 4.69) is 98.7 Å². The Morgan fingerprint density at radius 2 is 1.15 bits per heavy atom. The fraction of sp³-hybridized carbons (Fsp3) is 0.677. The van der Waals surface area contributed by atoms with Crippen molar-refractivity contribution in [1.82, 2.24) is 4.90 Å². The van der Waals surface area contributed by atoms with Gasteiger partial charge in [0.05, 0.1) is 0 Å². The summed E-state index contributed by atoms with van der Waals surface area (Å²) >= 11 is 0. The van der Waals surface area contributed by atoms with Crippen molar-refractivity contribution in [2.24, 2.45) is 0 Å². The van der Waals surface area contributed by atoms with Crippen molar-refractivity contribution in [3.8, 4) is 5.75 Å². The second kappa shape index (κ2) is 13.3. The molecule has 0 aromatic heterocycles. The van der Waals surface area contributed by atoms with E-state index in [0.717, 1.165) is 30.5 Å². The van der Waals surface area contributed by atoms with E-state index >= 15 is 0 Å². The van der Waals surface area contributed by atoms with Gasteiger partial charge in [0.1, 0.15) is 5.75 Å². The first-order chi connectivity index (χ1) is 15.4. The highest BCUT2D eigenvalue weighted by Crippen LogP contribution is 2.40. The molecule has 0 saturated heterocycles. The summed E-state index contributed by atoms with van der Waals surface area (Å²) in [6, 6.07) is 4.46. The molecule has 1 N–H and O–H groups in total. The highest BCUT2D eigenvalue weighted by atomic mass is 16.3. The third-order valence-electron chi connectivity index (χ3n) is 6.46. The Balaban J connectivity index is 3.54. The van der Waals surface area contributed by atoms with Gasteiger partial charge in [-0.25, -0.2) is 0 Å². The summed E-state index contributed by atoms with van der Waals surface area (Å²) in [5.74, 6) is 0.464. The molecule has 1 aromatic carbocycles. The van der Waals surface area contributed by atoms with Crippen LogP contribution in [0, 0.1) is 0 Å². The Labute approximate surface area is 206 Å². The molecule has 0 atom stereocenters. The van der Waals surface area contributed by atoms with Crippen LogP contribution in [0.3, 0.4) is 0 Å². The predicted octanol–water partition coefficient (Wildman–Crippen LogP) is 9.76. The van der Waals surface area contributed by atoms with Crippen molar-refractivity contribution in [2.45, 2.75) is 138 Å². The Kier molecular flexibility index (Phi) is 11.8. The first kappa shape index (κ1) is 29.3. The lowest BCUT2D eigenvalue weighted by atomic mass is 9.78. The monoisotopic (exact) mass is 455 g/mol. The molecule has 0 bridgehead atoms. The van der Waals surface area contributed by atoms with E-state index in [1.807, 2.05) is 0 Å². The van der Waals surface area contributed by atoms with E-state index in [1.54, 1.807) is 0 Å². The fourth-order valence-corrected chi connectivity index (χ4v) is 4.21. The van der Waals surface area contributed by atoms with Crippen LogP contribution in [0.15, 0.2) is 35.7 Å². The Hall–Kier alpha value is -1.70. The lowest BCUT2D eigenvalue weighted by Gasteiger charge is -2.29. The van der Waals surface area contributed by atoms with Crippen molar-refractivity contribution in [3.63, 3.8) is 0 Å². The molecule has 0 radical (unpaired) electrons. The zero-order chi connectivity index (χ0) is 25.2. The zero-order valence-electron chi connectivity index (χ0n) is 23.6. The number of benzene rings is 1. The van der Waals surface area contributed by atoms with Gasteiger partial charge in [-0.1, -0.05) is 93.2 Å². The second-order valence-electron chi connectivity index (χ2n) is 11.7. The van der Waals surface area contributed by atoms with Crippen molar-refractivity contribution in [3.05, 3.63) is 52.4 Å². The largest absolute Gasteiger partial charge is 0.507 e. The number of rotatable bonds is 12. The molecular weight excluding hydrogens is 402 g/mol. The van der Waals surface area contributed by atoms with Gasteiger partial charge in [-0.05, 0) is 78.2 Å². The van der Waals surface area contributed by atoms with E-state index in [-0.39, 0.29) is 10.8 Å². The van der Waals surface area contributed by atoms with Crippen LogP contribution < -0.4 is 0 Å². The summed E-state index contributed by atoms with van der Waals surface area (Å²) in [6.45, 7) is 23.1. The molecule has 0 amide bonds. The molecule has 188 valence electrons. The minimum Gasteiger partial charge on any atom is -0.507 e. The zero-order valence-corrected chi connectivity index (χ0v) is 23.6. The fourth-order valence-electron chi connectivity index (χ4n) is 4.21. The van der Waals surface area contributed by atoms with Gasteiger partial charge in [0.2, 0.25) is 0 Å². The summed E-state index contributed by atoms with van der Waals surface area (Å²) in [6.07, 6.45) is 14.3. The van der Waals surface area contributed by atoms with Gasteiger partial charge in [0, 0.05) is 18.9 Å². The average Bonchev–Trinajstić information content (AvgIpc) is 2.73. The van der Waals surface area contributed by atoms with Crippen LogP contribution in [0.25, 0.3) is 0 Å². The van der Waals surface area contributed by atoms with Gasteiger partial charge >= 0.3 is 0 Å². The van der Waals surface area contributed by atoms with Crippen LogP contribution in [0.2, 0.25) is 0 Å². The maximum absolute atomic E-state index is 11.1. The molecule has 1 aromatic rings. The Morgan fingerprint density at radius 1 is 0.758 bits per heavy atom. The van der Waals surface area contributed by atoms with Gasteiger partial charge in [-0.3, -0.25) is 0 Å². The number of unbranched alkanes of at least 4 members (excludes halogenated alkanes) is 2. The molecule has 2 heteroatoms. The predicted molar refractivity (Wildman–Crippen MR) is 147 cm³/mol. The molecule has 2 nitrogen and oxygen atoms in total. The average molecular weight is 456 g/mol. The number of phenols is 1. The highest BCUT2D eigenvalue weighted by molar-refractivity contribution is 5.50. The molecule has 0 aliphatic carbocycles. The van der Waals surface area contributed by atoms with Crippen LogP contribution in [0.5, 0.6) is 5.75 Å². The maximum atomic E-state index is 11.1. The molecular formula is C31H53NO. The van der Waals surface area contributed by atoms with E-state index < -0.39 is 0 Å². The third-order valence-corrected chi connectivity index (χ3v) is 6.46. The quantitative estimate of drug-likeness (QED) is 0.339. The lowest BCUT2D eigenvalue weighted by molar-refractivity contribution is 0.420. The molecule has 0 saturated carbocycles. The molecule has 0 aliphatic rings. The number of hydrogen-bond acceptors (Lipinski definition) is 2. The molecule has 33 heavy (non-hydrogen) atoms. The van der Waals surface area contributed by atoms with Crippen LogP contribution in [0.4, 0.5) is 0 Å². The molecule has 0 spiro atoms. The minimum absolute atomic E-state index is 0.109.